The van der Waals surface area contributed by atoms with Crippen LogP contribution in [-0.2, 0) is 9.59 Å². The molecule has 0 aromatic carbocycles. The molecule has 4 nitrogen and oxygen atoms in total. The van der Waals surface area contributed by atoms with E-state index in [1.54, 1.807) is 0 Å². The predicted molar refractivity (Wildman–Crippen MR) is 211 cm³/mol. The fourth-order valence-corrected chi connectivity index (χ4v) is 3.68. The Labute approximate surface area is 315 Å². The van der Waals surface area contributed by atoms with Gasteiger partial charge in [0.1, 0.15) is 0 Å². The van der Waals surface area contributed by atoms with Gasteiger partial charge in [0.05, 0.1) is 0 Å². The first-order valence-corrected chi connectivity index (χ1v) is 17.7. The van der Waals surface area contributed by atoms with Crippen molar-refractivity contribution in [3.05, 3.63) is 146 Å². The number of allylic oxidation sites excluding steroid dienone is 24. The third-order valence-electron chi connectivity index (χ3n) is 6.22. The van der Waals surface area contributed by atoms with Crippen molar-refractivity contribution < 1.29 is 19.8 Å². The molecule has 0 aliphatic carbocycles. The van der Waals surface area contributed by atoms with Crippen LogP contribution < -0.4 is 10.2 Å². The summed E-state index contributed by atoms with van der Waals surface area (Å²) in [6.07, 6.45) is 64.2. The molecule has 0 aromatic rings. The number of carbonyl (C=O) groups excluding carboxylic acids is 2. The van der Waals surface area contributed by atoms with E-state index in [0.29, 0.717) is 12.8 Å². The molecule has 0 radical (unpaired) electrons. The van der Waals surface area contributed by atoms with E-state index in [4.69, 9.17) is 0 Å². The third kappa shape index (κ3) is 54.3. The van der Waals surface area contributed by atoms with Crippen LogP contribution in [0, 0.1) is 0 Å². The maximum Gasteiger partial charge on any atom is 2.00 e. The standard InChI is InChI=1S/2C22H32O2.Mg/c2*1-2-3-4-5-6-7-8-9-10-11-12-13-14-15-16-17-18-19-20-21-22(23)24;/h2*3-4,6-7,9-10,12-13,15-16,18-19H,2,5,8,11,14,17,20-21H2,1H3,(H,23,24);/q;;+2/p-2/b2*4-3-,7-6-,10-9-,13-12-,16-15-,19-18-;. The minimum absolute atomic E-state index is 0. The van der Waals surface area contributed by atoms with Crippen LogP contribution in [0.3, 0.4) is 0 Å². The van der Waals surface area contributed by atoms with Crippen molar-refractivity contribution in [1.82, 2.24) is 0 Å². The minimum atomic E-state index is -0.991. The molecule has 0 aromatic heterocycles. The van der Waals surface area contributed by atoms with Crippen LogP contribution in [0.15, 0.2) is 146 Å². The van der Waals surface area contributed by atoms with Gasteiger partial charge >= 0.3 is 23.1 Å². The van der Waals surface area contributed by atoms with Crippen molar-refractivity contribution in [3.8, 4) is 0 Å². The second kappa shape index (κ2) is 46.7. The van der Waals surface area contributed by atoms with Crippen molar-refractivity contribution in [3.63, 3.8) is 0 Å². The normalized spacial score (nSPS) is 12.8. The number of hydrogen-bond acceptors (Lipinski definition) is 4. The summed E-state index contributed by atoms with van der Waals surface area (Å²) in [6, 6.07) is 0. The zero-order chi connectivity index (χ0) is 35.4. The van der Waals surface area contributed by atoms with Gasteiger partial charge in [-0.15, -0.1) is 0 Å². The van der Waals surface area contributed by atoms with Crippen LogP contribution in [0.5, 0.6) is 0 Å². The minimum Gasteiger partial charge on any atom is -0.550 e. The Hall–Kier alpha value is -3.41. The summed E-state index contributed by atoms with van der Waals surface area (Å²) in [5, 5.41) is 20.4. The van der Waals surface area contributed by atoms with Gasteiger partial charge < -0.3 is 19.8 Å². The molecule has 0 aliphatic rings. The first-order chi connectivity index (χ1) is 23.5. The smallest absolute Gasteiger partial charge is 0.550 e. The molecule has 0 saturated carbocycles. The number of carboxylic acid groups (broad SMARTS) is 2. The number of carboxylic acids is 2. The molecular formula is C44H62MgO4. The second-order valence-corrected chi connectivity index (χ2v) is 10.7. The average Bonchev–Trinajstić information content (AvgIpc) is 3.07. The Bertz CT molecular complexity index is 1020. The van der Waals surface area contributed by atoms with Crippen LogP contribution in [0.4, 0.5) is 0 Å². The molecule has 0 saturated heterocycles. The van der Waals surface area contributed by atoms with Crippen LogP contribution in [0.25, 0.3) is 0 Å². The van der Waals surface area contributed by atoms with Gasteiger partial charge in [0, 0.05) is 11.9 Å². The summed E-state index contributed by atoms with van der Waals surface area (Å²) >= 11 is 0. The van der Waals surface area contributed by atoms with Gasteiger partial charge in [-0.05, 0) is 103 Å². The molecular weight excluding hydrogens is 617 g/mol. The van der Waals surface area contributed by atoms with E-state index >= 15 is 0 Å². The van der Waals surface area contributed by atoms with E-state index in [-0.39, 0.29) is 35.9 Å². The Morgan fingerprint density at radius 2 is 0.490 bits per heavy atom. The molecule has 0 spiro atoms. The monoisotopic (exact) mass is 678 g/mol. The van der Waals surface area contributed by atoms with Crippen molar-refractivity contribution in [1.29, 1.82) is 0 Å². The average molecular weight is 679 g/mol. The summed E-state index contributed by atoms with van der Waals surface area (Å²) in [5.74, 6) is -1.98. The molecule has 49 heavy (non-hydrogen) atoms. The molecule has 0 unspecified atom stereocenters. The quantitative estimate of drug-likeness (QED) is 0.0609. The molecule has 264 valence electrons. The third-order valence-corrected chi connectivity index (χ3v) is 6.22. The van der Waals surface area contributed by atoms with Gasteiger partial charge in [0.2, 0.25) is 0 Å². The number of carbonyl (C=O) groups is 2. The molecule has 0 amide bonds. The zero-order valence-corrected chi connectivity index (χ0v) is 31.9. The van der Waals surface area contributed by atoms with Gasteiger partial charge in [0.25, 0.3) is 0 Å². The molecule has 0 bridgehead atoms. The van der Waals surface area contributed by atoms with Gasteiger partial charge in [-0.25, -0.2) is 0 Å². The number of rotatable bonds is 28. The van der Waals surface area contributed by atoms with Crippen LogP contribution in [0.1, 0.15) is 117 Å². The van der Waals surface area contributed by atoms with Crippen LogP contribution >= 0.6 is 0 Å². The van der Waals surface area contributed by atoms with E-state index in [2.05, 4.69) is 135 Å². The van der Waals surface area contributed by atoms with E-state index in [9.17, 15) is 19.8 Å². The second-order valence-electron chi connectivity index (χ2n) is 10.7. The van der Waals surface area contributed by atoms with Gasteiger partial charge in [0.15, 0.2) is 0 Å². The predicted octanol–water partition coefficient (Wildman–Crippen LogP) is 10.0. The van der Waals surface area contributed by atoms with E-state index in [1.165, 1.54) is 0 Å². The Kier molecular flexibility index (Phi) is 47.6. The van der Waals surface area contributed by atoms with E-state index in [1.807, 2.05) is 24.3 Å². The van der Waals surface area contributed by atoms with Crippen LogP contribution in [0.2, 0.25) is 0 Å². The molecule has 0 fully saturated rings. The van der Waals surface area contributed by atoms with Gasteiger partial charge in [-0.1, -0.05) is 160 Å². The van der Waals surface area contributed by atoms with Gasteiger partial charge in [-0.2, -0.15) is 0 Å². The molecule has 0 atom stereocenters. The fourth-order valence-electron chi connectivity index (χ4n) is 3.68. The van der Waals surface area contributed by atoms with E-state index in [0.717, 1.165) is 77.0 Å². The molecule has 5 heteroatoms. The molecule has 0 N–H and O–H groups in total. The molecule has 0 heterocycles. The maximum absolute atomic E-state index is 10.2. The summed E-state index contributed by atoms with van der Waals surface area (Å²) in [6.45, 7) is 4.29. The number of aliphatic carboxylic acids is 2. The fraction of sp³-hybridized carbons (Fsp3) is 0.409. The topological polar surface area (TPSA) is 80.3 Å². The SMILES string of the molecule is CC/C=C\C/C=C\C/C=C\C/C=C\C/C=C\C/C=C\CCC(=O)[O-].CC/C=C\C/C=C\C/C=C\C/C=C\C/C=C\C/C=C\CCC(=O)[O-].[Mg+2]. The zero-order valence-electron chi connectivity index (χ0n) is 30.5. The summed E-state index contributed by atoms with van der Waals surface area (Å²) in [5.41, 5.74) is 0. The van der Waals surface area contributed by atoms with Crippen molar-refractivity contribution in [2.45, 2.75) is 117 Å². The Balaban J connectivity index is -0.000000846. The number of hydrogen-bond donors (Lipinski definition) is 0. The van der Waals surface area contributed by atoms with Crippen molar-refractivity contribution in [2.24, 2.45) is 0 Å². The molecule has 0 aliphatic heterocycles. The Morgan fingerprint density at radius 3 is 0.653 bits per heavy atom. The van der Waals surface area contributed by atoms with Crippen LogP contribution in [-0.4, -0.2) is 35.0 Å². The van der Waals surface area contributed by atoms with Gasteiger partial charge in [-0.3, -0.25) is 0 Å². The summed E-state index contributed by atoms with van der Waals surface area (Å²) in [4.78, 5) is 20.4. The molecule has 0 rings (SSSR count). The summed E-state index contributed by atoms with van der Waals surface area (Å²) in [7, 11) is 0. The van der Waals surface area contributed by atoms with Crippen molar-refractivity contribution >= 4 is 35.0 Å². The Morgan fingerprint density at radius 1 is 0.327 bits per heavy atom. The first-order valence-electron chi connectivity index (χ1n) is 17.7. The first kappa shape index (κ1) is 50.0. The maximum atomic E-state index is 10.2. The summed E-state index contributed by atoms with van der Waals surface area (Å²) < 4.78 is 0. The van der Waals surface area contributed by atoms with Crippen molar-refractivity contribution in [2.75, 3.05) is 0 Å². The largest absolute Gasteiger partial charge is 2.00 e. The van der Waals surface area contributed by atoms with E-state index < -0.39 is 11.9 Å².